The highest BCUT2D eigenvalue weighted by Crippen LogP contribution is 2.62. The Labute approximate surface area is 155 Å². The van der Waals surface area contributed by atoms with Crippen molar-refractivity contribution in [2.45, 2.75) is 57.3 Å². The number of methoxy groups -OCH3 is 1. The molecule has 24 heavy (non-hydrogen) atoms. The van der Waals surface area contributed by atoms with E-state index in [9.17, 15) is 4.79 Å². The minimum Gasteiger partial charge on any atom is -0.465 e. The Morgan fingerprint density at radius 2 is 1.62 bits per heavy atom. The first-order valence-electron chi connectivity index (χ1n) is 8.37. The summed E-state index contributed by atoms with van der Waals surface area (Å²) in [5.74, 6) is -0.273. The molecular weight excluding hydrogens is 386 g/mol. The van der Waals surface area contributed by atoms with Crippen molar-refractivity contribution in [2.24, 2.45) is 0 Å². The van der Waals surface area contributed by atoms with Crippen LogP contribution < -0.4 is 0 Å². The number of ether oxygens (including phenoxy) is 1. The number of rotatable bonds is 5. The van der Waals surface area contributed by atoms with Crippen LogP contribution in [0.15, 0.2) is 28.9 Å². The lowest BCUT2D eigenvalue weighted by Crippen LogP contribution is -2.33. The van der Waals surface area contributed by atoms with E-state index in [0.29, 0.717) is 21.3 Å². The summed E-state index contributed by atoms with van der Waals surface area (Å²) >= 11 is 3.59. The molecule has 1 aromatic heterocycles. The highest BCUT2D eigenvalue weighted by atomic mass is 79.9. The first kappa shape index (κ1) is 19.4. The van der Waals surface area contributed by atoms with Gasteiger partial charge in [0.1, 0.15) is 0 Å². The third kappa shape index (κ3) is 2.90. The molecule has 0 aliphatic heterocycles. The molecule has 2 aromatic rings. The molecule has 1 heterocycles. The van der Waals surface area contributed by atoms with Crippen LogP contribution in [0, 0.1) is 0 Å². The second-order valence-electron chi connectivity index (χ2n) is 6.89. The summed E-state index contributed by atoms with van der Waals surface area (Å²) < 4.78 is 8.45. The quantitative estimate of drug-likeness (QED) is 0.564. The lowest BCUT2D eigenvalue weighted by molar-refractivity contribution is 0.0603. The largest absolute Gasteiger partial charge is 0.465 e. The summed E-state index contributed by atoms with van der Waals surface area (Å²) in [5, 5.41) is 2.46. The van der Waals surface area contributed by atoms with E-state index in [1.165, 1.54) is 7.11 Å². The number of benzene rings is 1. The molecule has 0 N–H and O–H groups in total. The predicted octanol–water partition coefficient (Wildman–Crippen LogP) is 5.98. The third-order valence-corrected chi connectivity index (χ3v) is 10.8. The zero-order valence-corrected chi connectivity index (χ0v) is 18.0. The Bertz CT molecular complexity index is 727. The van der Waals surface area contributed by atoms with Gasteiger partial charge in [-0.05, 0) is 12.1 Å². The minimum atomic E-state index is -1.20. The van der Waals surface area contributed by atoms with Crippen LogP contribution in [0.4, 0.5) is 0 Å². The van der Waals surface area contributed by atoms with Crippen LogP contribution in [0.5, 0.6) is 0 Å². The highest BCUT2D eigenvalue weighted by molar-refractivity contribution is 9.10. The molecule has 1 aromatic carbocycles. The molecule has 0 unspecified atom stereocenters. The monoisotopic (exact) mass is 413 g/mol. The van der Waals surface area contributed by atoms with Crippen molar-refractivity contribution in [3.05, 3.63) is 34.4 Å². The molecule has 0 radical (unpaired) electrons. The Balaban J connectivity index is 2.92. The van der Waals surface area contributed by atoms with Crippen molar-refractivity contribution in [2.75, 3.05) is 7.11 Å². The fraction of sp³-hybridized carbons (Fsp3) is 0.526. The Morgan fingerprint density at radius 3 is 2.08 bits per heavy atom. The highest BCUT2D eigenvalue weighted by Gasteiger charge is 2.38. The molecule has 0 bridgehead atoms. The van der Waals surface area contributed by atoms with Crippen LogP contribution in [-0.4, -0.2) is 32.8 Å². The molecule has 0 saturated heterocycles. The molecule has 0 aliphatic rings. The van der Waals surface area contributed by atoms with E-state index in [-0.39, 0.29) is 5.97 Å². The first-order valence-corrected chi connectivity index (χ1v) is 10.9. The fourth-order valence-electron chi connectivity index (χ4n) is 4.02. The number of nitrogens with zero attached hydrogens (tertiary/aromatic N) is 1. The van der Waals surface area contributed by atoms with Crippen molar-refractivity contribution < 1.29 is 9.53 Å². The zero-order chi connectivity index (χ0) is 18.2. The van der Waals surface area contributed by atoms with E-state index in [4.69, 9.17) is 4.74 Å². The predicted molar refractivity (Wildman–Crippen MR) is 109 cm³/mol. The number of carbonyl (C=O) groups excluding carboxylic acids is 1. The standard InChI is InChI=1S/C19H28BrNO2S/c1-12(2)24(13(3)4,14(5)6)21-11-17(19(22)23-7)16-9-8-15(20)10-18(16)21/h8-14H,1-7H3. The van der Waals surface area contributed by atoms with Gasteiger partial charge in [0.25, 0.3) is 0 Å². The lowest BCUT2D eigenvalue weighted by Gasteiger charge is -2.52. The van der Waals surface area contributed by atoms with Crippen LogP contribution in [0.1, 0.15) is 51.9 Å². The van der Waals surface area contributed by atoms with Gasteiger partial charge in [0, 0.05) is 31.8 Å². The van der Waals surface area contributed by atoms with Gasteiger partial charge < -0.3 is 8.71 Å². The number of hydrogen-bond donors (Lipinski definition) is 0. The van der Waals surface area contributed by atoms with E-state index in [1.54, 1.807) is 0 Å². The van der Waals surface area contributed by atoms with Gasteiger partial charge in [0.15, 0.2) is 0 Å². The number of halogens is 1. The maximum atomic E-state index is 12.3. The second kappa shape index (κ2) is 7.12. The summed E-state index contributed by atoms with van der Waals surface area (Å²) in [6, 6.07) is 6.11. The van der Waals surface area contributed by atoms with Gasteiger partial charge in [-0.2, -0.15) is 10.2 Å². The molecular formula is C19H28BrNO2S. The van der Waals surface area contributed by atoms with Crippen molar-refractivity contribution in [3.63, 3.8) is 0 Å². The van der Waals surface area contributed by atoms with E-state index in [2.05, 4.69) is 67.5 Å². The van der Waals surface area contributed by atoms with Crippen LogP contribution in [0.25, 0.3) is 10.9 Å². The summed E-state index contributed by atoms with van der Waals surface area (Å²) in [6.45, 7) is 13.8. The molecule has 0 fully saturated rings. The third-order valence-electron chi connectivity index (χ3n) is 4.75. The SMILES string of the molecule is COC(=O)c1cn(S(C(C)C)(C(C)C)C(C)C)c2cc(Br)ccc12. The van der Waals surface area contributed by atoms with E-state index in [0.717, 1.165) is 15.4 Å². The summed E-state index contributed by atoms with van der Waals surface area (Å²) in [6.07, 6.45) is 2.03. The number of esters is 1. The normalized spacial score (nSPS) is 13.3. The maximum Gasteiger partial charge on any atom is 0.340 e. The average molecular weight is 414 g/mol. The number of fused-ring (bicyclic) bond motifs is 1. The Kier molecular flexibility index (Phi) is 5.75. The van der Waals surface area contributed by atoms with Crippen molar-refractivity contribution in [3.8, 4) is 0 Å². The number of hydrogen-bond acceptors (Lipinski definition) is 2. The van der Waals surface area contributed by atoms with Gasteiger partial charge in [-0.3, -0.25) is 0 Å². The van der Waals surface area contributed by atoms with Gasteiger partial charge in [0.05, 0.1) is 18.2 Å². The molecule has 0 aliphatic carbocycles. The van der Waals surface area contributed by atoms with Crippen LogP contribution in [0.3, 0.4) is 0 Å². The van der Waals surface area contributed by atoms with Gasteiger partial charge in [-0.15, -0.1) is 0 Å². The van der Waals surface area contributed by atoms with Gasteiger partial charge >= 0.3 is 5.97 Å². The average Bonchev–Trinajstić information content (AvgIpc) is 2.85. The second-order valence-corrected chi connectivity index (χ2v) is 12.5. The summed E-state index contributed by atoms with van der Waals surface area (Å²) in [7, 11) is 0.241. The van der Waals surface area contributed by atoms with E-state index < -0.39 is 10.2 Å². The van der Waals surface area contributed by atoms with Gasteiger partial charge in [0.2, 0.25) is 0 Å². The minimum absolute atomic E-state index is 0.273. The molecule has 2 rings (SSSR count). The van der Waals surface area contributed by atoms with Crippen molar-refractivity contribution in [1.82, 2.24) is 3.97 Å². The van der Waals surface area contributed by atoms with E-state index >= 15 is 0 Å². The van der Waals surface area contributed by atoms with Crippen LogP contribution in [0.2, 0.25) is 0 Å². The molecule has 0 atom stereocenters. The van der Waals surface area contributed by atoms with Crippen molar-refractivity contribution >= 4 is 43.0 Å². The first-order chi connectivity index (χ1) is 11.2. The molecule has 0 saturated carbocycles. The summed E-state index contributed by atoms with van der Waals surface area (Å²) in [5.41, 5.74) is 1.76. The Hall–Kier alpha value is -0.940. The van der Waals surface area contributed by atoms with Crippen LogP contribution in [-0.2, 0) is 4.74 Å². The summed E-state index contributed by atoms with van der Waals surface area (Å²) in [4.78, 5) is 12.3. The number of aromatic nitrogens is 1. The van der Waals surface area contributed by atoms with Gasteiger partial charge in [-0.25, -0.2) is 4.79 Å². The van der Waals surface area contributed by atoms with Crippen LogP contribution >= 0.6 is 26.1 Å². The molecule has 3 nitrogen and oxygen atoms in total. The smallest absolute Gasteiger partial charge is 0.340 e. The fourth-order valence-corrected chi connectivity index (χ4v) is 9.78. The topological polar surface area (TPSA) is 31.2 Å². The van der Waals surface area contributed by atoms with Gasteiger partial charge in [-0.1, -0.05) is 63.5 Å². The lowest BCUT2D eigenvalue weighted by atomic mass is 10.2. The number of carbonyl (C=O) groups is 1. The maximum absolute atomic E-state index is 12.3. The molecule has 0 spiro atoms. The Morgan fingerprint density at radius 1 is 1.08 bits per heavy atom. The zero-order valence-electron chi connectivity index (χ0n) is 15.6. The molecule has 0 amide bonds. The molecule has 134 valence electrons. The molecule has 5 heteroatoms. The van der Waals surface area contributed by atoms with E-state index in [1.807, 2.05) is 18.3 Å². The van der Waals surface area contributed by atoms with Crippen molar-refractivity contribution in [1.29, 1.82) is 0 Å².